The lowest BCUT2D eigenvalue weighted by atomic mass is 10.0. The molecule has 0 fully saturated rings. The lowest BCUT2D eigenvalue weighted by Crippen LogP contribution is -2.57. The molecule has 0 aliphatic rings. The molecule has 0 rings (SSSR count). The fourth-order valence-corrected chi connectivity index (χ4v) is 3.69. The molecule has 0 heterocycles. The number of rotatable bonds is 19. The molecule has 0 aliphatic carbocycles. The summed E-state index contributed by atoms with van der Waals surface area (Å²) in [6.07, 6.45) is 3.76. The van der Waals surface area contributed by atoms with E-state index < -0.39 is 53.8 Å². The van der Waals surface area contributed by atoms with Crippen molar-refractivity contribution in [3.63, 3.8) is 0 Å². The van der Waals surface area contributed by atoms with Crippen molar-refractivity contribution < 1.29 is 29.1 Å². The van der Waals surface area contributed by atoms with Crippen LogP contribution in [0.25, 0.3) is 0 Å². The molecule has 0 bridgehead atoms. The number of carbonyl (C=O) groups excluding carboxylic acids is 4. The van der Waals surface area contributed by atoms with Gasteiger partial charge < -0.3 is 38.3 Å². The van der Waals surface area contributed by atoms with E-state index in [0.29, 0.717) is 31.6 Å². The molecule has 12 nitrogen and oxygen atoms in total. The van der Waals surface area contributed by atoms with E-state index in [4.69, 9.17) is 17.2 Å². The first-order valence-electron chi connectivity index (χ1n) is 11.8. The van der Waals surface area contributed by atoms with Crippen LogP contribution in [-0.4, -0.2) is 77.4 Å². The minimum atomic E-state index is -1.17. The van der Waals surface area contributed by atoms with Crippen LogP contribution < -0.4 is 33.2 Å². The molecule has 202 valence electrons. The van der Waals surface area contributed by atoms with E-state index >= 15 is 0 Å². The average Bonchev–Trinajstić information content (AvgIpc) is 2.77. The zero-order valence-electron chi connectivity index (χ0n) is 20.9. The van der Waals surface area contributed by atoms with Crippen molar-refractivity contribution in [3.05, 3.63) is 0 Å². The van der Waals surface area contributed by atoms with Gasteiger partial charge in [0.2, 0.25) is 23.6 Å². The monoisotopic (exact) mass is 518 g/mol. The number of hydrogen-bond acceptors (Lipinski definition) is 8. The number of hydrogen-bond donors (Lipinski definition) is 7. The standard InChI is InChI=1S/C22H42N6O6S/c1-13(2)12-17(21(32)27-16(22(33)34)9-11-35-3)28-20(31)15(7-8-18(25)29)26-19(30)14(24)6-4-5-10-23/h13-17H,4-12,23-24H2,1-3H3,(H2,25,29)(H,26,30)(H,27,32)(H,28,31)(H,33,34). The van der Waals surface area contributed by atoms with Crippen molar-refractivity contribution in [1.82, 2.24) is 16.0 Å². The quantitative estimate of drug-likeness (QED) is 0.105. The Morgan fingerprint density at radius 3 is 1.94 bits per heavy atom. The number of amides is 4. The van der Waals surface area contributed by atoms with Gasteiger partial charge in [0.1, 0.15) is 18.1 Å². The predicted octanol–water partition coefficient (Wildman–Crippen LogP) is -0.954. The molecule has 0 aromatic rings. The number of aliphatic carboxylic acids is 1. The maximum atomic E-state index is 13.0. The van der Waals surface area contributed by atoms with Crippen molar-refractivity contribution in [1.29, 1.82) is 0 Å². The number of carboxylic acid groups (broad SMARTS) is 1. The van der Waals surface area contributed by atoms with Crippen molar-refractivity contribution in [3.8, 4) is 0 Å². The Morgan fingerprint density at radius 2 is 1.43 bits per heavy atom. The highest BCUT2D eigenvalue weighted by Crippen LogP contribution is 2.09. The summed E-state index contributed by atoms with van der Waals surface area (Å²) in [5, 5.41) is 17.0. The molecular formula is C22H42N6O6S. The van der Waals surface area contributed by atoms with Crippen LogP contribution in [-0.2, 0) is 24.0 Å². The van der Waals surface area contributed by atoms with Gasteiger partial charge in [-0.15, -0.1) is 0 Å². The van der Waals surface area contributed by atoms with Crippen molar-refractivity contribution in [2.24, 2.45) is 23.1 Å². The zero-order valence-corrected chi connectivity index (χ0v) is 21.7. The predicted molar refractivity (Wildman–Crippen MR) is 135 cm³/mol. The van der Waals surface area contributed by atoms with Crippen LogP contribution in [0.3, 0.4) is 0 Å². The summed E-state index contributed by atoms with van der Waals surface area (Å²) in [4.78, 5) is 61.2. The van der Waals surface area contributed by atoms with Crippen LogP contribution in [0.15, 0.2) is 0 Å². The Kier molecular flexibility index (Phi) is 16.7. The summed E-state index contributed by atoms with van der Waals surface area (Å²) in [6, 6.07) is -4.15. The van der Waals surface area contributed by atoms with Gasteiger partial charge in [0.25, 0.3) is 0 Å². The normalized spacial score (nSPS) is 14.5. The molecule has 0 saturated heterocycles. The SMILES string of the molecule is CSCCC(NC(=O)C(CC(C)C)NC(=O)C(CCC(N)=O)NC(=O)C(N)CCCCN)C(=O)O. The number of unbranched alkanes of at least 4 members (excludes halogenated alkanes) is 1. The fourth-order valence-electron chi connectivity index (χ4n) is 3.21. The number of primary amides is 1. The Labute approximate surface area is 211 Å². The highest BCUT2D eigenvalue weighted by Gasteiger charge is 2.30. The van der Waals surface area contributed by atoms with Gasteiger partial charge in [-0.05, 0) is 56.6 Å². The lowest BCUT2D eigenvalue weighted by molar-refractivity contribution is -0.142. The molecule has 0 aliphatic heterocycles. The number of thioether (sulfide) groups is 1. The van der Waals surface area contributed by atoms with E-state index in [1.165, 1.54) is 11.8 Å². The maximum absolute atomic E-state index is 13.0. The van der Waals surface area contributed by atoms with Gasteiger partial charge >= 0.3 is 5.97 Å². The topological polar surface area (TPSA) is 220 Å². The summed E-state index contributed by atoms with van der Waals surface area (Å²) < 4.78 is 0. The molecule has 0 aromatic heterocycles. The summed E-state index contributed by atoms with van der Waals surface area (Å²) in [5.41, 5.74) is 16.6. The average molecular weight is 519 g/mol. The first-order valence-corrected chi connectivity index (χ1v) is 13.2. The highest BCUT2D eigenvalue weighted by molar-refractivity contribution is 7.98. The largest absolute Gasteiger partial charge is 0.480 e. The van der Waals surface area contributed by atoms with Crippen LogP contribution in [0.5, 0.6) is 0 Å². The van der Waals surface area contributed by atoms with E-state index in [0.717, 1.165) is 0 Å². The Balaban J connectivity index is 5.46. The molecule has 0 radical (unpaired) electrons. The summed E-state index contributed by atoms with van der Waals surface area (Å²) in [6.45, 7) is 4.17. The first-order chi connectivity index (χ1) is 16.4. The second-order valence-electron chi connectivity index (χ2n) is 8.83. The molecule has 10 N–H and O–H groups in total. The molecular weight excluding hydrogens is 476 g/mol. The second kappa shape index (κ2) is 18.0. The van der Waals surface area contributed by atoms with Crippen molar-refractivity contribution in [2.45, 2.75) is 83.0 Å². The molecule has 0 saturated carbocycles. The van der Waals surface area contributed by atoms with Crippen molar-refractivity contribution >= 4 is 41.4 Å². The molecule has 4 amide bonds. The van der Waals surface area contributed by atoms with Crippen molar-refractivity contribution in [2.75, 3.05) is 18.6 Å². The first kappa shape index (κ1) is 32.6. The Morgan fingerprint density at radius 1 is 0.857 bits per heavy atom. The van der Waals surface area contributed by atoms with Crippen LogP contribution in [0.1, 0.15) is 58.8 Å². The van der Waals surface area contributed by atoms with Gasteiger partial charge in [-0.1, -0.05) is 20.3 Å². The number of carbonyl (C=O) groups is 5. The van der Waals surface area contributed by atoms with Gasteiger partial charge in [-0.25, -0.2) is 4.79 Å². The lowest BCUT2D eigenvalue weighted by Gasteiger charge is -2.26. The van der Waals surface area contributed by atoms with E-state index in [-0.39, 0.29) is 31.6 Å². The zero-order chi connectivity index (χ0) is 27.0. The number of carboxylic acids is 1. The van der Waals surface area contributed by atoms with Crippen LogP contribution in [0.4, 0.5) is 0 Å². The highest BCUT2D eigenvalue weighted by atomic mass is 32.2. The molecule has 0 aromatic carbocycles. The molecule has 35 heavy (non-hydrogen) atoms. The summed E-state index contributed by atoms with van der Waals surface area (Å²) in [5.74, 6) is -3.19. The van der Waals surface area contributed by atoms with E-state index in [1.54, 1.807) is 0 Å². The van der Waals surface area contributed by atoms with Crippen LogP contribution in [0, 0.1) is 5.92 Å². The van der Waals surface area contributed by atoms with E-state index in [2.05, 4.69) is 16.0 Å². The third kappa shape index (κ3) is 14.6. The Bertz CT molecular complexity index is 708. The minimum absolute atomic E-state index is 0.00449. The van der Waals surface area contributed by atoms with E-state index in [1.807, 2.05) is 20.1 Å². The third-order valence-corrected chi connectivity index (χ3v) is 5.83. The number of nitrogens with one attached hydrogen (secondary N) is 3. The molecule has 4 unspecified atom stereocenters. The molecule has 4 atom stereocenters. The number of nitrogens with two attached hydrogens (primary N) is 3. The fraction of sp³-hybridized carbons (Fsp3) is 0.773. The maximum Gasteiger partial charge on any atom is 0.326 e. The summed E-state index contributed by atoms with van der Waals surface area (Å²) >= 11 is 1.45. The minimum Gasteiger partial charge on any atom is -0.480 e. The summed E-state index contributed by atoms with van der Waals surface area (Å²) in [7, 11) is 0. The van der Waals surface area contributed by atoms with Crippen LogP contribution >= 0.6 is 11.8 Å². The smallest absolute Gasteiger partial charge is 0.326 e. The van der Waals surface area contributed by atoms with Gasteiger partial charge in [-0.3, -0.25) is 19.2 Å². The van der Waals surface area contributed by atoms with Gasteiger partial charge in [-0.2, -0.15) is 11.8 Å². The second-order valence-corrected chi connectivity index (χ2v) is 9.81. The third-order valence-electron chi connectivity index (χ3n) is 5.18. The van der Waals surface area contributed by atoms with Crippen LogP contribution in [0.2, 0.25) is 0 Å². The molecule has 0 spiro atoms. The van der Waals surface area contributed by atoms with Gasteiger partial charge in [0.05, 0.1) is 6.04 Å². The van der Waals surface area contributed by atoms with Gasteiger partial charge in [0, 0.05) is 6.42 Å². The van der Waals surface area contributed by atoms with Gasteiger partial charge in [0.15, 0.2) is 0 Å². The Hall–Kier alpha value is -2.38. The van der Waals surface area contributed by atoms with E-state index in [9.17, 15) is 29.1 Å². The molecule has 13 heteroatoms.